The van der Waals surface area contributed by atoms with Crippen molar-refractivity contribution in [1.82, 2.24) is 5.32 Å². The lowest BCUT2D eigenvalue weighted by Crippen LogP contribution is -2.54. The first-order valence-corrected chi connectivity index (χ1v) is 7.49. The average molecular weight is 252 g/mol. The van der Waals surface area contributed by atoms with E-state index in [9.17, 15) is 0 Å². The van der Waals surface area contributed by atoms with E-state index in [-0.39, 0.29) is 5.54 Å². The van der Waals surface area contributed by atoms with Crippen molar-refractivity contribution in [3.05, 3.63) is 22.4 Å². The molecule has 2 atom stereocenters. The van der Waals surface area contributed by atoms with Crippen LogP contribution in [0.3, 0.4) is 0 Å². The Labute approximate surface area is 109 Å². The molecule has 0 spiro atoms. The summed E-state index contributed by atoms with van der Waals surface area (Å²) < 4.78 is 0. The van der Waals surface area contributed by atoms with Crippen molar-refractivity contribution in [2.24, 2.45) is 17.6 Å². The highest BCUT2D eigenvalue weighted by atomic mass is 32.1. The van der Waals surface area contributed by atoms with Crippen LogP contribution < -0.4 is 11.1 Å². The second kappa shape index (κ2) is 5.51. The molecule has 0 bridgehead atoms. The molecule has 1 heterocycles. The molecular formula is C14H24N2S. The van der Waals surface area contributed by atoms with Gasteiger partial charge in [-0.3, -0.25) is 0 Å². The van der Waals surface area contributed by atoms with Crippen LogP contribution in [-0.4, -0.2) is 12.1 Å². The van der Waals surface area contributed by atoms with Crippen LogP contribution in [0.15, 0.2) is 17.5 Å². The zero-order valence-corrected chi connectivity index (χ0v) is 11.7. The third-order valence-corrected chi connectivity index (χ3v) is 4.77. The van der Waals surface area contributed by atoms with Gasteiger partial charge in [0.25, 0.3) is 0 Å². The monoisotopic (exact) mass is 252 g/mol. The van der Waals surface area contributed by atoms with Crippen molar-refractivity contribution in [2.45, 2.75) is 45.2 Å². The van der Waals surface area contributed by atoms with Gasteiger partial charge in [-0.2, -0.15) is 0 Å². The van der Waals surface area contributed by atoms with E-state index in [4.69, 9.17) is 5.73 Å². The minimum Gasteiger partial charge on any atom is -0.329 e. The molecule has 1 aromatic rings. The Morgan fingerprint density at radius 3 is 2.65 bits per heavy atom. The first-order valence-electron chi connectivity index (χ1n) is 6.61. The molecule has 17 heavy (non-hydrogen) atoms. The van der Waals surface area contributed by atoms with Crippen molar-refractivity contribution < 1.29 is 0 Å². The van der Waals surface area contributed by atoms with Gasteiger partial charge in [-0.1, -0.05) is 19.9 Å². The first-order chi connectivity index (χ1) is 8.13. The summed E-state index contributed by atoms with van der Waals surface area (Å²) in [6.45, 7) is 6.43. The molecule has 0 aliphatic heterocycles. The lowest BCUT2D eigenvalue weighted by atomic mass is 9.71. The Bertz CT molecular complexity index is 324. The SMILES string of the molecule is CC1CC(C)CC(CN)(NCc2cccs2)C1. The van der Waals surface area contributed by atoms with Crippen LogP contribution in [0.25, 0.3) is 0 Å². The third-order valence-electron chi connectivity index (χ3n) is 3.89. The quantitative estimate of drug-likeness (QED) is 0.864. The first kappa shape index (κ1) is 13.1. The summed E-state index contributed by atoms with van der Waals surface area (Å²) in [6, 6.07) is 4.31. The summed E-state index contributed by atoms with van der Waals surface area (Å²) in [5.74, 6) is 1.58. The number of nitrogens with two attached hydrogens (primary N) is 1. The zero-order chi connectivity index (χ0) is 12.3. The molecule has 0 amide bonds. The van der Waals surface area contributed by atoms with Crippen LogP contribution >= 0.6 is 11.3 Å². The average Bonchev–Trinajstić information content (AvgIpc) is 2.78. The predicted octanol–water partition coefficient (Wildman–Crippen LogP) is 2.99. The van der Waals surface area contributed by atoms with E-state index in [1.54, 1.807) is 0 Å². The molecule has 1 fully saturated rings. The van der Waals surface area contributed by atoms with Crippen LogP contribution in [-0.2, 0) is 6.54 Å². The number of nitrogens with one attached hydrogen (secondary N) is 1. The minimum atomic E-state index is 0.168. The molecule has 0 saturated heterocycles. The van der Waals surface area contributed by atoms with Crippen molar-refractivity contribution in [3.63, 3.8) is 0 Å². The van der Waals surface area contributed by atoms with Gasteiger partial charge >= 0.3 is 0 Å². The second-order valence-electron chi connectivity index (χ2n) is 5.77. The Morgan fingerprint density at radius 1 is 1.41 bits per heavy atom. The highest BCUT2D eigenvalue weighted by Gasteiger charge is 2.36. The van der Waals surface area contributed by atoms with E-state index in [0.717, 1.165) is 24.9 Å². The Hall–Kier alpha value is -0.380. The topological polar surface area (TPSA) is 38.0 Å². The molecule has 2 unspecified atom stereocenters. The Balaban J connectivity index is 1.98. The highest BCUT2D eigenvalue weighted by molar-refractivity contribution is 7.09. The van der Waals surface area contributed by atoms with E-state index in [1.165, 1.54) is 24.1 Å². The van der Waals surface area contributed by atoms with Crippen molar-refractivity contribution in [3.8, 4) is 0 Å². The van der Waals surface area contributed by atoms with Gasteiger partial charge in [0, 0.05) is 23.5 Å². The largest absolute Gasteiger partial charge is 0.329 e. The van der Waals surface area contributed by atoms with E-state index in [1.807, 2.05) is 11.3 Å². The maximum Gasteiger partial charge on any atom is 0.0312 e. The van der Waals surface area contributed by atoms with Gasteiger partial charge in [0.2, 0.25) is 0 Å². The van der Waals surface area contributed by atoms with E-state index < -0.39 is 0 Å². The summed E-state index contributed by atoms with van der Waals surface area (Å²) in [7, 11) is 0. The number of thiophene rings is 1. The molecule has 3 N–H and O–H groups in total. The molecule has 0 radical (unpaired) electrons. The van der Waals surface area contributed by atoms with E-state index in [2.05, 4.69) is 36.7 Å². The zero-order valence-electron chi connectivity index (χ0n) is 10.9. The summed E-state index contributed by atoms with van der Waals surface area (Å²) in [6.07, 6.45) is 3.79. The number of hydrogen-bond donors (Lipinski definition) is 2. The van der Waals surface area contributed by atoms with Crippen molar-refractivity contribution >= 4 is 11.3 Å². The summed E-state index contributed by atoms with van der Waals surface area (Å²) in [4.78, 5) is 1.41. The Morgan fingerprint density at radius 2 is 2.12 bits per heavy atom. The van der Waals surface area contributed by atoms with Gasteiger partial charge in [0.1, 0.15) is 0 Å². The molecule has 1 aliphatic carbocycles. The van der Waals surface area contributed by atoms with Gasteiger partial charge in [0.05, 0.1) is 0 Å². The van der Waals surface area contributed by atoms with Crippen LogP contribution in [0.1, 0.15) is 38.0 Å². The second-order valence-corrected chi connectivity index (χ2v) is 6.80. The van der Waals surface area contributed by atoms with Crippen LogP contribution in [0.2, 0.25) is 0 Å². The van der Waals surface area contributed by atoms with Crippen molar-refractivity contribution in [1.29, 1.82) is 0 Å². The summed E-state index contributed by atoms with van der Waals surface area (Å²) in [5.41, 5.74) is 6.21. The van der Waals surface area contributed by atoms with Gasteiger partial charge in [-0.25, -0.2) is 0 Å². The lowest BCUT2D eigenvalue weighted by Gasteiger charge is -2.43. The molecule has 96 valence electrons. The molecular weight excluding hydrogens is 228 g/mol. The molecule has 2 nitrogen and oxygen atoms in total. The number of hydrogen-bond acceptors (Lipinski definition) is 3. The normalized spacial score (nSPS) is 33.8. The van der Waals surface area contributed by atoms with Crippen LogP contribution in [0.5, 0.6) is 0 Å². The summed E-state index contributed by atoms with van der Waals surface area (Å²) in [5, 5.41) is 5.87. The van der Waals surface area contributed by atoms with Crippen LogP contribution in [0, 0.1) is 11.8 Å². The fourth-order valence-electron chi connectivity index (χ4n) is 3.34. The number of rotatable bonds is 4. The fourth-order valence-corrected chi connectivity index (χ4v) is 3.99. The molecule has 0 aromatic carbocycles. The minimum absolute atomic E-state index is 0.168. The molecule has 1 aliphatic rings. The van der Waals surface area contributed by atoms with E-state index >= 15 is 0 Å². The highest BCUT2D eigenvalue weighted by Crippen LogP contribution is 2.35. The van der Waals surface area contributed by atoms with Gasteiger partial charge in [0.15, 0.2) is 0 Å². The maximum absolute atomic E-state index is 6.04. The third kappa shape index (κ3) is 3.30. The fraction of sp³-hybridized carbons (Fsp3) is 0.714. The smallest absolute Gasteiger partial charge is 0.0312 e. The summed E-state index contributed by atoms with van der Waals surface area (Å²) >= 11 is 1.82. The molecule has 2 rings (SSSR count). The molecule has 1 saturated carbocycles. The predicted molar refractivity (Wildman–Crippen MR) is 75.1 cm³/mol. The Kier molecular flexibility index (Phi) is 4.23. The molecule has 3 heteroatoms. The van der Waals surface area contributed by atoms with Gasteiger partial charge in [-0.15, -0.1) is 11.3 Å². The maximum atomic E-state index is 6.04. The van der Waals surface area contributed by atoms with Gasteiger partial charge < -0.3 is 11.1 Å². The van der Waals surface area contributed by atoms with Gasteiger partial charge in [-0.05, 0) is 42.5 Å². The molecule has 1 aromatic heterocycles. The van der Waals surface area contributed by atoms with Crippen LogP contribution in [0.4, 0.5) is 0 Å². The lowest BCUT2D eigenvalue weighted by molar-refractivity contribution is 0.148. The van der Waals surface area contributed by atoms with E-state index in [0.29, 0.717) is 0 Å². The standard InChI is InChI=1S/C14H24N2S/c1-11-6-12(2)8-14(7-11,10-15)16-9-13-4-3-5-17-13/h3-5,11-12,16H,6-10,15H2,1-2H3. The van der Waals surface area contributed by atoms with Crippen molar-refractivity contribution in [2.75, 3.05) is 6.54 Å².